The van der Waals surface area contributed by atoms with Crippen LogP contribution in [0.4, 0.5) is 0 Å². The van der Waals surface area contributed by atoms with Crippen LogP contribution < -0.4 is 14.9 Å². The Morgan fingerprint density at radius 2 is 2.17 bits per heavy atom. The van der Waals surface area contributed by atoms with Crippen LogP contribution in [-0.4, -0.2) is 25.8 Å². The molecule has 0 atom stereocenters. The highest BCUT2D eigenvalue weighted by atomic mass is 16.5. The van der Waals surface area contributed by atoms with Crippen molar-refractivity contribution in [3.8, 4) is 11.5 Å². The number of aryl methyl sites for hydroxylation is 1. The van der Waals surface area contributed by atoms with Crippen molar-refractivity contribution in [2.45, 2.75) is 20.3 Å². The molecule has 1 heterocycles. The Kier molecular flexibility index (Phi) is 5.80. The second-order valence-corrected chi connectivity index (χ2v) is 4.85. The Labute approximate surface area is 135 Å². The van der Waals surface area contributed by atoms with Crippen LogP contribution in [0, 0.1) is 6.92 Å². The standard InChI is InChI=1S/C17H20N2O4/c1-4-8-23-15-6-5-13(10-16(15)21-3)11-18-19-17(20)14-7-9-22-12(14)2/h5-7,9-11H,4,8H2,1-3H3,(H,19,20)/b18-11-. The number of nitrogens with one attached hydrogen (secondary N) is 1. The molecule has 6 nitrogen and oxygen atoms in total. The van der Waals surface area contributed by atoms with Crippen molar-refractivity contribution >= 4 is 12.1 Å². The summed E-state index contributed by atoms with van der Waals surface area (Å²) in [4.78, 5) is 11.9. The normalized spacial score (nSPS) is 10.7. The molecule has 0 unspecified atom stereocenters. The number of furan rings is 1. The molecule has 2 aromatic rings. The van der Waals surface area contributed by atoms with E-state index in [1.165, 1.54) is 6.26 Å². The van der Waals surface area contributed by atoms with Gasteiger partial charge in [0.25, 0.3) is 5.91 Å². The zero-order chi connectivity index (χ0) is 16.7. The third-order valence-corrected chi connectivity index (χ3v) is 3.13. The SMILES string of the molecule is CCCOc1ccc(/C=N\NC(=O)c2ccoc2C)cc1OC. The predicted octanol–water partition coefficient (Wildman–Crippen LogP) is 3.15. The Balaban J connectivity index is 2.02. The molecule has 0 aliphatic heterocycles. The summed E-state index contributed by atoms with van der Waals surface area (Å²) < 4.78 is 16.0. The first-order valence-corrected chi connectivity index (χ1v) is 7.34. The minimum Gasteiger partial charge on any atom is -0.493 e. The third kappa shape index (κ3) is 4.35. The fourth-order valence-electron chi connectivity index (χ4n) is 1.94. The number of benzene rings is 1. The number of ether oxygens (including phenoxy) is 2. The number of methoxy groups -OCH3 is 1. The summed E-state index contributed by atoms with van der Waals surface area (Å²) in [7, 11) is 1.58. The van der Waals surface area contributed by atoms with Crippen LogP contribution in [0.2, 0.25) is 0 Å². The van der Waals surface area contributed by atoms with Gasteiger partial charge in [-0.1, -0.05) is 6.92 Å². The second-order valence-electron chi connectivity index (χ2n) is 4.85. The van der Waals surface area contributed by atoms with Crippen LogP contribution in [0.25, 0.3) is 0 Å². The molecule has 1 aromatic heterocycles. The molecule has 2 rings (SSSR count). The molecular formula is C17H20N2O4. The summed E-state index contributed by atoms with van der Waals surface area (Å²) in [5.41, 5.74) is 3.71. The lowest BCUT2D eigenvalue weighted by atomic mass is 10.2. The van der Waals surface area contributed by atoms with Gasteiger partial charge in [-0.15, -0.1) is 0 Å². The number of carbonyl (C=O) groups excluding carboxylic acids is 1. The van der Waals surface area contributed by atoms with Crippen LogP contribution in [0.3, 0.4) is 0 Å². The van der Waals surface area contributed by atoms with Gasteiger partial charge in [0.05, 0.1) is 31.8 Å². The first-order chi connectivity index (χ1) is 11.2. The predicted molar refractivity (Wildman–Crippen MR) is 87.3 cm³/mol. The monoisotopic (exact) mass is 316 g/mol. The molecule has 0 aliphatic rings. The Morgan fingerprint density at radius 3 is 2.83 bits per heavy atom. The van der Waals surface area contributed by atoms with E-state index in [0.717, 1.165) is 12.0 Å². The molecule has 0 saturated heterocycles. The number of amides is 1. The Bertz CT molecular complexity index is 692. The molecule has 0 saturated carbocycles. The lowest BCUT2D eigenvalue weighted by Gasteiger charge is -2.10. The summed E-state index contributed by atoms with van der Waals surface area (Å²) in [6.45, 7) is 4.39. The number of nitrogens with zero attached hydrogens (tertiary/aromatic N) is 1. The molecule has 0 bridgehead atoms. The van der Waals surface area contributed by atoms with Gasteiger partial charge in [-0.25, -0.2) is 5.43 Å². The average molecular weight is 316 g/mol. The lowest BCUT2D eigenvalue weighted by Crippen LogP contribution is -2.17. The van der Waals surface area contributed by atoms with Crippen molar-refractivity contribution in [2.75, 3.05) is 13.7 Å². The molecular weight excluding hydrogens is 296 g/mol. The lowest BCUT2D eigenvalue weighted by molar-refractivity contribution is 0.0953. The van der Waals surface area contributed by atoms with E-state index in [4.69, 9.17) is 13.9 Å². The quantitative estimate of drug-likeness (QED) is 0.629. The molecule has 0 fully saturated rings. The minimum absolute atomic E-state index is 0.317. The van der Waals surface area contributed by atoms with E-state index in [1.807, 2.05) is 19.1 Å². The van der Waals surface area contributed by atoms with Crippen molar-refractivity contribution < 1.29 is 18.7 Å². The maximum atomic E-state index is 11.9. The van der Waals surface area contributed by atoms with E-state index in [0.29, 0.717) is 29.4 Å². The highest BCUT2D eigenvalue weighted by molar-refractivity contribution is 5.95. The fourth-order valence-corrected chi connectivity index (χ4v) is 1.94. The zero-order valence-electron chi connectivity index (χ0n) is 13.5. The topological polar surface area (TPSA) is 73.1 Å². The number of carbonyl (C=O) groups is 1. The van der Waals surface area contributed by atoms with Crippen molar-refractivity contribution in [3.05, 3.63) is 47.4 Å². The largest absolute Gasteiger partial charge is 0.493 e. The van der Waals surface area contributed by atoms with Crippen LogP contribution in [0.5, 0.6) is 11.5 Å². The molecule has 1 amide bonds. The van der Waals surface area contributed by atoms with Gasteiger partial charge >= 0.3 is 0 Å². The molecule has 0 spiro atoms. The van der Waals surface area contributed by atoms with Gasteiger partial charge in [0.1, 0.15) is 5.76 Å². The summed E-state index contributed by atoms with van der Waals surface area (Å²) in [6.07, 6.45) is 3.93. The van der Waals surface area contributed by atoms with Crippen molar-refractivity contribution in [2.24, 2.45) is 5.10 Å². The molecule has 0 aliphatic carbocycles. The average Bonchev–Trinajstić information content (AvgIpc) is 2.99. The maximum Gasteiger partial charge on any atom is 0.274 e. The second kappa shape index (κ2) is 8.03. The molecule has 1 N–H and O–H groups in total. The van der Waals surface area contributed by atoms with Gasteiger partial charge in [-0.05, 0) is 43.2 Å². The molecule has 6 heteroatoms. The van der Waals surface area contributed by atoms with Gasteiger partial charge in [0.2, 0.25) is 0 Å². The van der Waals surface area contributed by atoms with Gasteiger partial charge in [-0.2, -0.15) is 5.10 Å². The van der Waals surface area contributed by atoms with E-state index in [2.05, 4.69) is 10.5 Å². The summed E-state index contributed by atoms with van der Waals surface area (Å²) in [6, 6.07) is 7.05. The first-order valence-electron chi connectivity index (χ1n) is 7.34. The zero-order valence-corrected chi connectivity index (χ0v) is 13.5. The van der Waals surface area contributed by atoms with E-state index in [1.54, 1.807) is 32.4 Å². The number of rotatable bonds is 7. The number of hydrogen-bond acceptors (Lipinski definition) is 5. The summed E-state index contributed by atoms with van der Waals surface area (Å²) in [5, 5.41) is 3.94. The minimum atomic E-state index is -0.317. The van der Waals surface area contributed by atoms with Crippen molar-refractivity contribution in [1.82, 2.24) is 5.43 Å². The van der Waals surface area contributed by atoms with Crippen LogP contribution >= 0.6 is 0 Å². The number of hydrogen-bond donors (Lipinski definition) is 1. The van der Waals surface area contributed by atoms with E-state index < -0.39 is 0 Å². The molecule has 1 aromatic carbocycles. The van der Waals surface area contributed by atoms with Crippen molar-refractivity contribution in [3.63, 3.8) is 0 Å². The smallest absolute Gasteiger partial charge is 0.274 e. The van der Waals surface area contributed by atoms with Crippen LogP contribution in [0.15, 0.2) is 40.0 Å². The Morgan fingerprint density at radius 1 is 1.35 bits per heavy atom. The van der Waals surface area contributed by atoms with Crippen LogP contribution in [0.1, 0.15) is 35.0 Å². The molecule has 23 heavy (non-hydrogen) atoms. The Hall–Kier alpha value is -2.76. The summed E-state index contributed by atoms with van der Waals surface area (Å²) in [5.74, 6) is 1.54. The summed E-state index contributed by atoms with van der Waals surface area (Å²) >= 11 is 0. The fraction of sp³-hybridized carbons (Fsp3) is 0.294. The molecule has 0 radical (unpaired) electrons. The van der Waals surface area contributed by atoms with Gasteiger partial charge in [-0.3, -0.25) is 4.79 Å². The van der Waals surface area contributed by atoms with E-state index in [9.17, 15) is 4.79 Å². The first kappa shape index (κ1) is 16.6. The van der Waals surface area contributed by atoms with Gasteiger partial charge in [0, 0.05) is 0 Å². The van der Waals surface area contributed by atoms with Crippen LogP contribution in [-0.2, 0) is 0 Å². The number of hydrazone groups is 1. The van der Waals surface area contributed by atoms with E-state index in [-0.39, 0.29) is 5.91 Å². The highest BCUT2D eigenvalue weighted by Gasteiger charge is 2.10. The third-order valence-electron chi connectivity index (χ3n) is 3.13. The van der Waals surface area contributed by atoms with Gasteiger partial charge in [0.15, 0.2) is 11.5 Å². The highest BCUT2D eigenvalue weighted by Crippen LogP contribution is 2.27. The van der Waals surface area contributed by atoms with E-state index >= 15 is 0 Å². The molecule has 122 valence electrons. The maximum absolute atomic E-state index is 11.9. The van der Waals surface area contributed by atoms with Crippen molar-refractivity contribution in [1.29, 1.82) is 0 Å². The van der Waals surface area contributed by atoms with Gasteiger partial charge < -0.3 is 13.9 Å².